The van der Waals surface area contributed by atoms with Crippen LogP contribution >= 0.6 is 0 Å². The summed E-state index contributed by atoms with van der Waals surface area (Å²) in [5, 5.41) is 0. The molecule has 1 saturated heterocycles. The highest BCUT2D eigenvalue weighted by atomic mass is 16.3. The number of amides is 1. The van der Waals surface area contributed by atoms with E-state index in [9.17, 15) is 4.79 Å². The molecule has 2 aromatic heterocycles. The highest BCUT2D eigenvalue weighted by Crippen LogP contribution is 2.44. The predicted octanol–water partition coefficient (Wildman–Crippen LogP) is 3.64. The monoisotopic (exact) mass is 331 g/mol. The lowest BCUT2D eigenvalue weighted by atomic mass is 9.98. The Morgan fingerprint density at radius 2 is 2.04 bits per heavy atom. The van der Waals surface area contributed by atoms with E-state index in [0.29, 0.717) is 5.56 Å². The Balaban J connectivity index is 1.52. The third-order valence-electron chi connectivity index (χ3n) is 5.23. The normalized spacial score (nSPS) is 21.2. The zero-order chi connectivity index (χ0) is 16.8. The molecule has 0 spiro atoms. The number of carbonyl (C=O) groups is 1. The summed E-state index contributed by atoms with van der Waals surface area (Å²) in [4.78, 5) is 24.2. The van der Waals surface area contributed by atoms with Crippen LogP contribution in [0, 0.1) is 0 Å². The van der Waals surface area contributed by atoms with Crippen molar-refractivity contribution in [2.24, 2.45) is 0 Å². The number of benzene rings is 1. The standard InChI is InChI=1S/C20H17N3O2/c24-20(14-8-9-25-12-14)23-15-6-7-18(23)16-11-21-19(22-17(16)10-15)13-4-2-1-3-5-13/h1-5,8-9,11-12,15,18H,6-7,10H2/t15-,18+/m0/s1. The molecule has 124 valence electrons. The average Bonchev–Trinajstić information content (AvgIpc) is 3.29. The van der Waals surface area contributed by atoms with E-state index in [4.69, 9.17) is 9.40 Å². The molecule has 3 aromatic rings. The molecule has 5 heteroatoms. The number of furan rings is 1. The van der Waals surface area contributed by atoms with Gasteiger partial charge < -0.3 is 9.32 Å². The largest absolute Gasteiger partial charge is 0.472 e. The first-order valence-electron chi connectivity index (χ1n) is 8.57. The van der Waals surface area contributed by atoms with E-state index in [1.165, 1.54) is 6.26 Å². The Bertz CT molecular complexity index is 921. The Morgan fingerprint density at radius 1 is 1.16 bits per heavy atom. The molecule has 5 rings (SSSR count). The molecule has 25 heavy (non-hydrogen) atoms. The highest BCUT2D eigenvalue weighted by molar-refractivity contribution is 5.94. The predicted molar refractivity (Wildman–Crippen MR) is 91.8 cm³/mol. The number of rotatable bonds is 2. The first-order chi connectivity index (χ1) is 12.3. The van der Waals surface area contributed by atoms with Crippen LogP contribution in [-0.4, -0.2) is 26.8 Å². The van der Waals surface area contributed by atoms with E-state index >= 15 is 0 Å². The highest BCUT2D eigenvalue weighted by Gasteiger charge is 2.43. The van der Waals surface area contributed by atoms with Gasteiger partial charge >= 0.3 is 0 Å². The van der Waals surface area contributed by atoms with Gasteiger partial charge in [0, 0.05) is 29.8 Å². The van der Waals surface area contributed by atoms with Gasteiger partial charge in [-0.3, -0.25) is 4.79 Å². The van der Waals surface area contributed by atoms with Crippen molar-refractivity contribution >= 4 is 5.91 Å². The minimum Gasteiger partial charge on any atom is -0.472 e. The van der Waals surface area contributed by atoms with Crippen LogP contribution in [0.5, 0.6) is 0 Å². The summed E-state index contributed by atoms with van der Waals surface area (Å²) < 4.78 is 5.08. The molecule has 4 heterocycles. The molecule has 2 atom stereocenters. The van der Waals surface area contributed by atoms with Gasteiger partial charge in [-0.1, -0.05) is 30.3 Å². The zero-order valence-electron chi connectivity index (χ0n) is 13.6. The van der Waals surface area contributed by atoms with Gasteiger partial charge in [-0.2, -0.15) is 0 Å². The molecule has 1 fully saturated rings. The van der Waals surface area contributed by atoms with Crippen LogP contribution in [-0.2, 0) is 6.42 Å². The van der Waals surface area contributed by atoms with Crippen molar-refractivity contribution in [2.45, 2.75) is 31.3 Å². The fourth-order valence-electron chi connectivity index (χ4n) is 4.05. The first-order valence-corrected chi connectivity index (χ1v) is 8.57. The Kier molecular flexibility index (Phi) is 3.20. The van der Waals surface area contributed by atoms with Crippen molar-refractivity contribution in [3.05, 3.63) is 71.9 Å². The molecule has 2 bridgehead atoms. The average molecular weight is 331 g/mol. The van der Waals surface area contributed by atoms with Crippen molar-refractivity contribution < 1.29 is 9.21 Å². The Hall–Kier alpha value is -2.95. The molecular weight excluding hydrogens is 314 g/mol. The number of aromatic nitrogens is 2. The first kappa shape index (κ1) is 14.4. The van der Waals surface area contributed by atoms with Gasteiger partial charge in [0.2, 0.25) is 0 Å². The van der Waals surface area contributed by atoms with Gasteiger partial charge in [0.1, 0.15) is 6.26 Å². The molecule has 5 nitrogen and oxygen atoms in total. The lowest BCUT2D eigenvalue weighted by Crippen LogP contribution is -2.42. The van der Waals surface area contributed by atoms with Gasteiger partial charge in [0.25, 0.3) is 5.91 Å². The molecule has 0 saturated carbocycles. The van der Waals surface area contributed by atoms with E-state index in [1.807, 2.05) is 41.4 Å². The third-order valence-corrected chi connectivity index (χ3v) is 5.23. The molecule has 0 aliphatic carbocycles. The second-order valence-corrected chi connectivity index (χ2v) is 6.64. The van der Waals surface area contributed by atoms with Crippen molar-refractivity contribution in [3.8, 4) is 11.4 Å². The topological polar surface area (TPSA) is 59.2 Å². The second kappa shape index (κ2) is 5.55. The maximum Gasteiger partial charge on any atom is 0.257 e. The summed E-state index contributed by atoms with van der Waals surface area (Å²) in [5.74, 6) is 0.799. The summed E-state index contributed by atoms with van der Waals surface area (Å²) in [7, 11) is 0. The fourth-order valence-corrected chi connectivity index (χ4v) is 4.05. The summed E-state index contributed by atoms with van der Waals surface area (Å²) >= 11 is 0. The maximum atomic E-state index is 12.8. The molecule has 0 radical (unpaired) electrons. The number of fused-ring (bicyclic) bond motifs is 4. The minimum absolute atomic E-state index is 0.0408. The zero-order valence-corrected chi connectivity index (χ0v) is 13.6. The van der Waals surface area contributed by atoms with Crippen molar-refractivity contribution in [1.29, 1.82) is 0 Å². The van der Waals surface area contributed by atoms with E-state index in [2.05, 4.69) is 4.98 Å². The molecule has 1 amide bonds. The summed E-state index contributed by atoms with van der Waals surface area (Å²) in [6.45, 7) is 0. The summed E-state index contributed by atoms with van der Waals surface area (Å²) in [6.07, 6.45) is 7.74. The van der Waals surface area contributed by atoms with E-state index in [-0.39, 0.29) is 18.0 Å². The molecule has 2 aliphatic rings. The van der Waals surface area contributed by atoms with E-state index in [0.717, 1.165) is 41.9 Å². The number of carbonyl (C=O) groups excluding carboxylic acids is 1. The van der Waals surface area contributed by atoms with Crippen LogP contribution in [0.25, 0.3) is 11.4 Å². The number of nitrogens with zero attached hydrogens (tertiary/aromatic N) is 3. The Labute approximate surface area is 145 Å². The molecule has 0 unspecified atom stereocenters. The molecule has 2 aliphatic heterocycles. The van der Waals surface area contributed by atoms with E-state index in [1.54, 1.807) is 12.3 Å². The molecule has 1 aromatic carbocycles. The third kappa shape index (κ3) is 2.27. The van der Waals surface area contributed by atoms with Gasteiger partial charge in [0.15, 0.2) is 5.82 Å². The maximum absolute atomic E-state index is 12.8. The second-order valence-electron chi connectivity index (χ2n) is 6.64. The van der Waals surface area contributed by atoms with Crippen LogP contribution in [0.4, 0.5) is 0 Å². The van der Waals surface area contributed by atoms with Crippen LogP contribution in [0.3, 0.4) is 0 Å². The molecular formula is C20H17N3O2. The van der Waals surface area contributed by atoms with Crippen molar-refractivity contribution in [1.82, 2.24) is 14.9 Å². The van der Waals surface area contributed by atoms with Gasteiger partial charge in [0.05, 0.1) is 23.6 Å². The van der Waals surface area contributed by atoms with Crippen molar-refractivity contribution in [2.75, 3.05) is 0 Å². The number of hydrogen-bond donors (Lipinski definition) is 0. The summed E-state index contributed by atoms with van der Waals surface area (Å²) in [6, 6.07) is 12.0. The molecule has 0 N–H and O–H groups in total. The minimum atomic E-state index is 0.0408. The number of hydrogen-bond acceptors (Lipinski definition) is 4. The summed E-state index contributed by atoms with van der Waals surface area (Å²) in [5.41, 5.74) is 3.81. The van der Waals surface area contributed by atoms with Crippen molar-refractivity contribution in [3.63, 3.8) is 0 Å². The van der Waals surface area contributed by atoms with Crippen LogP contribution < -0.4 is 0 Å². The fraction of sp³-hybridized carbons (Fsp3) is 0.250. The van der Waals surface area contributed by atoms with Gasteiger partial charge in [-0.05, 0) is 18.9 Å². The van der Waals surface area contributed by atoms with Crippen LogP contribution in [0.2, 0.25) is 0 Å². The SMILES string of the molecule is O=C(c1ccoc1)N1[C@H]2CC[C@@H]1c1cnc(-c3ccccc3)nc1C2. The lowest BCUT2D eigenvalue weighted by molar-refractivity contribution is 0.0643. The quantitative estimate of drug-likeness (QED) is 0.719. The van der Waals surface area contributed by atoms with Gasteiger partial charge in [-0.25, -0.2) is 9.97 Å². The lowest BCUT2D eigenvalue weighted by Gasteiger charge is -2.35. The van der Waals surface area contributed by atoms with Crippen LogP contribution in [0.1, 0.15) is 40.5 Å². The Morgan fingerprint density at radius 3 is 2.84 bits per heavy atom. The van der Waals surface area contributed by atoms with E-state index < -0.39 is 0 Å². The smallest absolute Gasteiger partial charge is 0.257 e. The van der Waals surface area contributed by atoms with Crippen LogP contribution in [0.15, 0.2) is 59.5 Å². The van der Waals surface area contributed by atoms with Gasteiger partial charge in [-0.15, -0.1) is 0 Å².